The third-order valence-electron chi connectivity index (χ3n) is 3.06. The number of hydrogen-bond acceptors (Lipinski definition) is 3. The summed E-state index contributed by atoms with van der Waals surface area (Å²) in [5.74, 6) is 0. The number of rotatable bonds is 6. The van der Waals surface area contributed by atoms with E-state index >= 15 is 0 Å². The second kappa shape index (κ2) is 6.53. The molecule has 0 N–H and O–H groups in total. The van der Waals surface area contributed by atoms with Crippen LogP contribution in [0.2, 0.25) is 0 Å². The van der Waals surface area contributed by atoms with Crippen LogP contribution >= 0.6 is 0 Å². The molecule has 8 heteroatoms. The highest BCUT2D eigenvalue weighted by molar-refractivity contribution is 7.87. The molecule has 22 heavy (non-hydrogen) atoms. The Morgan fingerprint density at radius 2 is 1.64 bits per heavy atom. The smallest absolute Gasteiger partial charge is 0.349 e. The maximum atomic E-state index is 12.3. The van der Waals surface area contributed by atoms with E-state index in [1.165, 1.54) is 0 Å². The molecule has 0 aliphatic heterocycles. The number of benzene rings is 1. The summed E-state index contributed by atoms with van der Waals surface area (Å²) >= 11 is 0. The van der Waals surface area contributed by atoms with Crippen LogP contribution in [0.25, 0.3) is 0 Å². The first-order valence-corrected chi connectivity index (χ1v) is 7.82. The van der Waals surface area contributed by atoms with Crippen molar-refractivity contribution in [2.75, 3.05) is 6.61 Å². The topological polar surface area (TPSA) is 48.3 Å². The lowest BCUT2D eigenvalue weighted by Crippen LogP contribution is -2.28. The standard InChI is InChI=1S/C14H14F3NO3S/c15-14(16,17)22(19,20)21-11-13(18-8-4-5-9-18)10-12-6-2-1-3-7-12/h1-9,13H,10-11H2/t13-/m0/s1. The molecule has 0 aliphatic carbocycles. The fourth-order valence-electron chi connectivity index (χ4n) is 1.96. The maximum absolute atomic E-state index is 12.3. The Morgan fingerprint density at radius 1 is 1.05 bits per heavy atom. The molecule has 2 rings (SSSR count). The van der Waals surface area contributed by atoms with Gasteiger partial charge in [-0.1, -0.05) is 30.3 Å². The van der Waals surface area contributed by atoms with E-state index in [9.17, 15) is 21.6 Å². The third kappa shape index (κ3) is 4.11. The maximum Gasteiger partial charge on any atom is 0.523 e. The summed E-state index contributed by atoms with van der Waals surface area (Å²) in [7, 11) is -5.59. The van der Waals surface area contributed by atoms with E-state index in [0.29, 0.717) is 6.42 Å². The zero-order valence-electron chi connectivity index (χ0n) is 11.4. The van der Waals surface area contributed by atoms with Gasteiger partial charge in [0, 0.05) is 12.4 Å². The van der Waals surface area contributed by atoms with Crippen LogP contribution < -0.4 is 0 Å². The molecule has 0 aliphatic rings. The van der Waals surface area contributed by atoms with Gasteiger partial charge in [-0.3, -0.25) is 4.18 Å². The Kier molecular flexibility index (Phi) is 4.92. The second-order valence-corrected chi connectivity index (χ2v) is 6.27. The lowest BCUT2D eigenvalue weighted by Gasteiger charge is -2.19. The molecule has 120 valence electrons. The summed E-state index contributed by atoms with van der Waals surface area (Å²) in [5, 5.41) is 0. The SMILES string of the molecule is O=S(=O)(OC[C@H](Cc1ccccc1)n1cccc1)C(F)(F)F. The van der Waals surface area contributed by atoms with Crippen LogP contribution in [0.4, 0.5) is 13.2 Å². The Labute approximate surface area is 126 Å². The molecule has 1 heterocycles. The van der Waals surface area contributed by atoms with Crippen LogP contribution in [0.5, 0.6) is 0 Å². The molecule has 0 spiro atoms. The van der Waals surface area contributed by atoms with Gasteiger partial charge in [0.05, 0.1) is 12.6 Å². The normalized spacial score (nSPS) is 14.0. The molecule has 0 saturated heterocycles. The van der Waals surface area contributed by atoms with Crippen molar-refractivity contribution >= 4 is 10.1 Å². The largest absolute Gasteiger partial charge is 0.523 e. The van der Waals surface area contributed by atoms with Crippen molar-refractivity contribution in [1.82, 2.24) is 4.57 Å². The lowest BCUT2D eigenvalue weighted by molar-refractivity contribution is -0.0549. The molecule has 0 fully saturated rings. The molecule has 0 radical (unpaired) electrons. The highest BCUT2D eigenvalue weighted by Crippen LogP contribution is 2.26. The molecule has 0 saturated carbocycles. The first kappa shape index (κ1) is 16.6. The van der Waals surface area contributed by atoms with Gasteiger partial charge in [0.1, 0.15) is 0 Å². The predicted molar refractivity (Wildman–Crippen MR) is 74.5 cm³/mol. The summed E-state index contributed by atoms with van der Waals surface area (Å²) in [6.07, 6.45) is 3.65. The van der Waals surface area contributed by atoms with Crippen molar-refractivity contribution in [3.8, 4) is 0 Å². The highest BCUT2D eigenvalue weighted by atomic mass is 32.2. The minimum atomic E-state index is -5.59. The van der Waals surface area contributed by atoms with Crippen LogP contribution in [-0.4, -0.2) is 25.1 Å². The summed E-state index contributed by atoms with van der Waals surface area (Å²) in [4.78, 5) is 0. The van der Waals surface area contributed by atoms with Crippen LogP contribution in [0.3, 0.4) is 0 Å². The monoisotopic (exact) mass is 333 g/mol. The summed E-state index contributed by atoms with van der Waals surface area (Å²) < 4.78 is 64.8. The summed E-state index contributed by atoms with van der Waals surface area (Å²) in [5.41, 5.74) is -4.55. The second-order valence-electron chi connectivity index (χ2n) is 4.66. The van der Waals surface area contributed by atoms with Crippen molar-refractivity contribution in [2.45, 2.75) is 18.0 Å². The zero-order chi connectivity index (χ0) is 16.2. The van der Waals surface area contributed by atoms with Crippen LogP contribution in [0.15, 0.2) is 54.9 Å². The van der Waals surface area contributed by atoms with Gasteiger partial charge in [-0.15, -0.1) is 0 Å². The van der Waals surface area contributed by atoms with Crippen molar-refractivity contribution in [3.63, 3.8) is 0 Å². The number of nitrogens with zero attached hydrogens (tertiary/aromatic N) is 1. The van der Waals surface area contributed by atoms with Gasteiger partial charge in [0.2, 0.25) is 0 Å². The Morgan fingerprint density at radius 3 is 2.18 bits per heavy atom. The molecule has 1 atom stereocenters. The van der Waals surface area contributed by atoms with Crippen molar-refractivity contribution < 1.29 is 25.8 Å². The molecule has 0 amide bonds. The van der Waals surface area contributed by atoms with Crippen LogP contribution in [-0.2, 0) is 20.7 Å². The molecule has 1 aromatic heterocycles. The van der Waals surface area contributed by atoms with E-state index in [1.807, 2.05) is 18.2 Å². The Bertz CT molecular complexity index is 682. The van der Waals surface area contributed by atoms with Gasteiger partial charge in [-0.2, -0.15) is 21.6 Å². The van der Waals surface area contributed by atoms with E-state index in [0.717, 1.165) is 5.56 Å². The summed E-state index contributed by atoms with van der Waals surface area (Å²) in [6, 6.07) is 11.9. The van der Waals surface area contributed by atoms with Crippen molar-refractivity contribution in [1.29, 1.82) is 0 Å². The van der Waals surface area contributed by atoms with Gasteiger partial charge < -0.3 is 4.57 Å². The Balaban J connectivity index is 2.13. The highest BCUT2D eigenvalue weighted by Gasteiger charge is 2.47. The Hall–Kier alpha value is -1.80. The van der Waals surface area contributed by atoms with E-state index < -0.39 is 28.3 Å². The number of halogens is 3. The third-order valence-corrected chi connectivity index (χ3v) is 4.08. The van der Waals surface area contributed by atoms with Gasteiger partial charge in [-0.25, -0.2) is 0 Å². The number of aromatic nitrogens is 1. The average Bonchev–Trinajstić information content (AvgIpc) is 2.97. The minimum absolute atomic E-state index is 0.350. The lowest BCUT2D eigenvalue weighted by atomic mass is 10.1. The number of hydrogen-bond donors (Lipinski definition) is 0. The van der Waals surface area contributed by atoms with Crippen molar-refractivity contribution in [3.05, 3.63) is 60.4 Å². The average molecular weight is 333 g/mol. The molecular weight excluding hydrogens is 319 g/mol. The van der Waals surface area contributed by atoms with Gasteiger partial charge >= 0.3 is 15.6 Å². The van der Waals surface area contributed by atoms with E-state index in [2.05, 4.69) is 4.18 Å². The predicted octanol–water partition coefficient (Wildman–Crippen LogP) is 3.14. The molecular formula is C14H14F3NO3S. The molecule has 0 unspecified atom stereocenters. The quantitative estimate of drug-likeness (QED) is 0.603. The fourth-order valence-corrected chi connectivity index (χ4v) is 2.43. The summed E-state index contributed by atoms with van der Waals surface area (Å²) in [6.45, 7) is -0.592. The molecule has 0 bridgehead atoms. The first-order chi connectivity index (χ1) is 10.3. The molecule has 4 nitrogen and oxygen atoms in total. The number of alkyl halides is 3. The fraction of sp³-hybridized carbons (Fsp3) is 0.286. The van der Waals surface area contributed by atoms with Crippen LogP contribution in [0.1, 0.15) is 11.6 Å². The van der Waals surface area contributed by atoms with E-state index in [1.54, 1.807) is 41.2 Å². The molecule has 1 aromatic carbocycles. The van der Waals surface area contributed by atoms with Gasteiger partial charge in [0.15, 0.2) is 0 Å². The van der Waals surface area contributed by atoms with Crippen molar-refractivity contribution in [2.24, 2.45) is 0 Å². The van der Waals surface area contributed by atoms with E-state index in [-0.39, 0.29) is 0 Å². The van der Waals surface area contributed by atoms with Gasteiger partial charge in [0.25, 0.3) is 0 Å². The minimum Gasteiger partial charge on any atom is -0.349 e. The first-order valence-electron chi connectivity index (χ1n) is 6.42. The zero-order valence-corrected chi connectivity index (χ0v) is 12.2. The molecule has 2 aromatic rings. The van der Waals surface area contributed by atoms with Crippen LogP contribution in [0, 0.1) is 0 Å². The van der Waals surface area contributed by atoms with Gasteiger partial charge in [-0.05, 0) is 24.1 Å². The van der Waals surface area contributed by atoms with E-state index in [4.69, 9.17) is 0 Å².